The molecule has 10 heteroatoms. The maximum atomic E-state index is 9.42. The molecule has 0 unspecified atom stereocenters. The molecule has 2 atom stereocenters. The minimum atomic E-state index is -0.556. The van der Waals surface area contributed by atoms with E-state index in [-0.39, 0.29) is 23.5 Å². The molecule has 4 rings (SSSR count). The number of nitriles is 1. The Labute approximate surface area is 204 Å². The summed E-state index contributed by atoms with van der Waals surface area (Å²) in [6.45, 7) is 6.61. The first-order chi connectivity index (χ1) is 15.7. The molecule has 2 aromatic rings. The van der Waals surface area contributed by atoms with Gasteiger partial charge in [0.15, 0.2) is 5.11 Å². The van der Waals surface area contributed by atoms with Crippen LogP contribution in [0.5, 0.6) is 5.75 Å². The Balaban J connectivity index is 1.77. The van der Waals surface area contributed by atoms with Gasteiger partial charge in [0.25, 0.3) is 0 Å². The molecule has 1 aliphatic carbocycles. The predicted octanol–water partition coefficient (Wildman–Crippen LogP) is 4.35. The number of thiocarbonyl (C=S) groups is 1. The van der Waals surface area contributed by atoms with Gasteiger partial charge in [-0.05, 0) is 54.7 Å². The van der Waals surface area contributed by atoms with Crippen molar-refractivity contribution in [2.45, 2.75) is 64.3 Å². The largest absolute Gasteiger partial charge is 0.466 e. The molecule has 1 aliphatic heterocycles. The molecule has 2 fully saturated rings. The number of benzene rings is 1. The summed E-state index contributed by atoms with van der Waals surface area (Å²) in [5, 5.41) is 18.3. The normalized spacial score (nSPS) is 20.6. The van der Waals surface area contributed by atoms with E-state index in [9.17, 15) is 5.26 Å². The summed E-state index contributed by atoms with van der Waals surface area (Å²) in [5.41, 5.74) is -0.661. The van der Waals surface area contributed by atoms with Gasteiger partial charge in [-0.25, -0.2) is 9.67 Å². The summed E-state index contributed by atoms with van der Waals surface area (Å²) in [4.78, 5) is 11.4. The number of ether oxygens (including phenoxy) is 1. The van der Waals surface area contributed by atoms with Crippen LogP contribution in [0.4, 0.5) is 0 Å². The van der Waals surface area contributed by atoms with Crippen molar-refractivity contribution in [1.29, 1.82) is 5.26 Å². The van der Waals surface area contributed by atoms with Crippen molar-refractivity contribution < 1.29 is 4.74 Å². The monoisotopic (exact) mass is 485 g/mol. The number of nitrogens with zero attached hydrogens (tertiary/aromatic N) is 6. The highest BCUT2D eigenvalue weighted by molar-refractivity contribution is 7.80. The third kappa shape index (κ3) is 4.68. The fourth-order valence-corrected chi connectivity index (χ4v) is 5.07. The van der Waals surface area contributed by atoms with E-state index in [2.05, 4.69) is 42.2 Å². The summed E-state index contributed by atoms with van der Waals surface area (Å²) in [6, 6.07) is 9.17. The van der Waals surface area contributed by atoms with E-state index in [1.54, 1.807) is 23.1 Å². The third-order valence-electron chi connectivity index (χ3n) is 6.28. The molecule has 0 amide bonds. The van der Waals surface area contributed by atoms with Crippen LogP contribution in [0.1, 0.15) is 52.7 Å². The summed E-state index contributed by atoms with van der Waals surface area (Å²) in [5.74, 6) is 1.47. The quantitative estimate of drug-likeness (QED) is 0.480. The molecular formula is C23H28ClN7OS. The molecule has 1 saturated heterocycles. The van der Waals surface area contributed by atoms with Crippen molar-refractivity contribution in [3.05, 3.63) is 41.9 Å². The van der Waals surface area contributed by atoms with E-state index < -0.39 is 6.23 Å². The molecule has 1 saturated carbocycles. The molecule has 1 aromatic carbocycles. The van der Waals surface area contributed by atoms with Crippen LogP contribution in [0.3, 0.4) is 0 Å². The lowest BCUT2D eigenvalue weighted by Gasteiger charge is -2.37. The molecule has 2 aliphatic rings. The number of nitrogens with one attached hydrogen (secondary N) is 1. The fraction of sp³-hybridized carbons (Fsp3) is 0.522. The summed E-state index contributed by atoms with van der Waals surface area (Å²) in [7, 11) is 0. The molecule has 2 heterocycles. The van der Waals surface area contributed by atoms with Crippen molar-refractivity contribution >= 4 is 34.8 Å². The van der Waals surface area contributed by atoms with Crippen LogP contribution in [0.15, 0.2) is 41.9 Å². The number of aliphatic imine (C=N–C) groups is 1. The first-order valence-electron chi connectivity index (χ1n) is 11.0. The van der Waals surface area contributed by atoms with Gasteiger partial charge in [-0.1, -0.05) is 45.2 Å². The second kappa shape index (κ2) is 9.27. The molecular weight excluding hydrogens is 458 g/mol. The highest BCUT2D eigenvalue weighted by Gasteiger charge is 2.51. The van der Waals surface area contributed by atoms with Crippen molar-refractivity contribution in [2.75, 3.05) is 6.54 Å². The van der Waals surface area contributed by atoms with Crippen LogP contribution in [-0.4, -0.2) is 48.7 Å². The molecule has 0 bridgehead atoms. The van der Waals surface area contributed by atoms with Gasteiger partial charge < -0.3 is 15.0 Å². The Morgan fingerprint density at radius 3 is 2.58 bits per heavy atom. The lowest BCUT2D eigenvalue weighted by atomic mass is 9.85. The Kier molecular flexibility index (Phi) is 6.59. The highest BCUT2D eigenvalue weighted by Crippen LogP contribution is 2.41. The molecule has 174 valence electrons. The zero-order chi connectivity index (χ0) is 23.6. The van der Waals surface area contributed by atoms with Crippen LogP contribution in [0.2, 0.25) is 5.02 Å². The average molecular weight is 486 g/mol. The lowest BCUT2D eigenvalue weighted by molar-refractivity contribution is 0.0467. The first-order valence-corrected chi connectivity index (χ1v) is 11.8. The van der Waals surface area contributed by atoms with E-state index in [0.717, 1.165) is 31.5 Å². The Hall–Kier alpha value is -2.70. The Bertz CT molecular complexity index is 1050. The smallest absolute Gasteiger partial charge is 0.215 e. The second-order valence-electron chi connectivity index (χ2n) is 9.54. The van der Waals surface area contributed by atoms with E-state index in [0.29, 0.717) is 15.9 Å². The van der Waals surface area contributed by atoms with Crippen molar-refractivity contribution in [3.63, 3.8) is 0 Å². The van der Waals surface area contributed by atoms with Crippen LogP contribution in [0.25, 0.3) is 0 Å². The van der Waals surface area contributed by atoms with E-state index in [1.165, 1.54) is 6.33 Å². The van der Waals surface area contributed by atoms with Gasteiger partial charge >= 0.3 is 0 Å². The van der Waals surface area contributed by atoms with Gasteiger partial charge in [-0.3, -0.25) is 4.99 Å². The maximum absolute atomic E-state index is 9.42. The van der Waals surface area contributed by atoms with Crippen molar-refractivity contribution in [1.82, 2.24) is 25.0 Å². The van der Waals surface area contributed by atoms with E-state index >= 15 is 0 Å². The molecule has 1 N–H and O–H groups in total. The number of amidine groups is 1. The zero-order valence-corrected chi connectivity index (χ0v) is 20.6. The van der Waals surface area contributed by atoms with Gasteiger partial charge in [-0.2, -0.15) is 10.4 Å². The number of halogens is 1. The molecule has 8 nitrogen and oxygen atoms in total. The van der Waals surface area contributed by atoms with Crippen molar-refractivity contribution in [2.24, 2.45) is 10.4 Å². The van der Waals surface area contributed by atoms with E-state index in [4.69, 9.17) is 33.5 Å². The Morgan fingerprint density at radius 1 is 1.30 bits per heavy atom. The third-order valence-corrected chi connectivity index (χ3v) is 6.86. The van der Waals surface area contributed by atoms with Gasteiger partial charge in [0.1, 0.15) is 42.4 Å². The zero-order valence-electron chi connectivity index (χ0n) is 19.0. The summed E-state index contributed by atoms with van der Waals surface area (Å²) in [6.07, 6.45) is 6.52. The van der Waals surface area contributed by atoms with E-state index in [1.807, 2.05) is 17.0 Å². The van der Waals surface area contributed by atoms with Crippen LogP contribution >= 0.6 is 23.8 Å². The van der Waals surface area contributed by atoms with Gasteiger partial charge in [0.05, 0.1) is 6.07 Å². The van der Waals surface area contributed by atoms with Crippen LogP contribution in [-0.2, 0) is 0 Å². The SMILES string of the molecule is CC(C)(C)[C@H](N=C1NC(=S)N(CC#N)C12CCCC2)[C@H](Oc1ccc(Cl)cc1)n1cncn1. The number of rotatable bonds is 6. The minimum Gasteiger partial charge on any atom is -0.466 e. The van der Waals surface area contributed by atoms with Crippen LogP contribution < -0.4 is 10.1 Å². The molecule has 1 spiro atoms. The van der Waals surface area contributed by atoms with Gasteiger partial charge in [0, 0.05) is 5.02 Å². The molecule has 33 heavy (non-hydrogen) atoms. The number of hydrogen-bond donors (Lipinski definition) is 1. The Morgan fingerprint density at radius 2 is 2.00 bits per heavy atom. The predicted molar refractivity (Wildman–Crippen MR) is 131 cm³/mol. The second-order valence-corrected chi connectivity index (χ2v) is 10.4. The lowest BCUT2D eigenvalue weighted by Crippen LogP contribution is -2.49. The van der Waals surface area contributed by atoms with Crippen molar-refractivity contribution in [3.8, 4) is 11.8 Å². The topological polar surface area (TPSA) is 91.4 Å². The highest BCUT2D eigenvalue weighted by atomic mass is 35.5. The van der Waals surface area contributed by atoms with Gasteiger partial charge in [-0.15, -0.1) is 0 Å². The maximum Gasteiger partial charge on any atom is 0.215 e. The van der Waals surface area contributed by atoms with Gasteiger partial charge in [0.2, 0.25) is 6.23 Å². The fourth-order valence-electron chi connectivity index (χ4n) is 4.61. The van der Waals surface area contributed by atoms with Crippen LogP contribution in [0, 0.1) is 16.7 Å². The number of aromatic nitrogens is 3. The standard InChI is InChI=1S/C23H28ClN7OS/c1-22(2,3)18(19(31-15-26-14-27-31)32-17-8-6-16(24)7-9-17)28-20-23(10-4-5-11-23)30(13-12-25)21(33)29-20/h6-9,14-15,18-19H,4-5,10-11,13H2,1-3H3,(H,28,29,33)/t18-,19+/m1/s1. The number of hydrogen-bond acceptors (Lipinski definition) is 6. The average Bonchev–Trinajstić information content (AvgIpc) is 3.51. The first kappa shape index (κ1) is 23.5. The minimum absolute atomic E-state index is 0.235. The molecule has 0 radical (unpaired) electrons. The summed E-state index contributed by atoms with van der Waals surface area (Å²) < 4.78 is 8.12. The summed E-state index contributed by atoms with van der Waals surface area (Å²) >= 11 is 11.7. The molecule has 1 aromatic heterocycles.